The van der Waals surface area contributed by atoms with Gasteiger partial charge in [-0.3, -0.25) is 4.90 Å². The van der Waals surface area contributed by atoms with Crippen molar-refractivity contribution in [1.29, 1.82) is 0 Å². The average Bonchev–Trinajstić information content (AvgIpc) is 2.49. The van der Waals surface area contributed by atoms with Gasteiger partial charge in [0.15, 0.2) is 0 Å². The third kappa shape index (κ3) is 3.62. The topological polar surface area (TPSA) is 15.3 Å². The van der Waals surface area contributed by atoms with E-state index in [2.05, 4.69) is 68.2 Å². The fraction of sp³-hybridized carbons (Fsp3) is 0.667. The number of benzene rings is 1. The normalized spacial score (nSPS) is 29.3. The van der Waals surface area contributed by atoms with Crippen LogP contribution in [0.1, 0.15) is 46.1 Å². The Morgan fingerprint density at radius 1 is 1.30 bits per heavy atom. The molecule has 112 valence electrons. The fourth-order valence-electron chi connectivity index (χ4n) is 3.13. The maximum Gasteiger partial charge on any atom is 0.0278 e. The van der Waals surface area contributed by atoms with Crippen LogP contribution in [0.5, 0.6) is 0 Å². The molecule has 1 N–H and O–H groups in total. The van der Waals surface area contributed by atoms with Crippen LogP contribution in [-0.2, 0) is 6.42 Å². The molecule has 1 aromatic carbocycles. The van der Waals surface area contributed by atoms with E-state index in [0.717, 1.165) is 19.5 Å². The molecule has 3 atom stereocenters. The van der Waals surface area contributed by atoms with Crippen LogP contribution in [0.2, 0.25) is 0 Å². The van der Waals surface area contributed by atoms with Crippen LogP contribution >= 0.6 is 0 Å². The van der Waals surface area contributed by atoms with Gasteiger partial charge in [-0.2, -0.15) is 0 Å². The molecule has 1 saturated heterocycles. The van der Waals surface area contributed by atoms with E-state index in [9.17, 15) is 0 Å². The quantitative estimate of drug-likeness (QED) is 0.884. The monoisotopic (exact) mass is 274 g/mol. The molecule has 0 aromatic heterocycles. The fourth-order valence-corrected chi connectivity index (χ4v) is 3.13. The van der Waals surface area contributed by atoms with Crippen LogP contribution in [0.4, 0.5) is 0 Å². The van der Waals surface area contributed by atoms with Crippen LogP contribution in [0.3, 0.4) is 0 Å². The minimum Gasteiger partial charge on any atom is -0.309 e. The third-order valence-electron chi connectivity index (χ3n) is 5.02. The molecule has 2 rings (SSSR count). The van der Waals surface area contributed by atoms with Gasteiger partial charge in [-0.1, -0.05) is 44.2 Å². The second-order valence-corrected chi connectivity index (χ2v) is 6.57. The van der Waals surface area contributed by atoms with Gasteiger partial charge >= 0.3 is 0 Å². The summed E-state index contributed by atoms with van der Waals surface area (Å²) in [4.78, 5) is 2.73. The zero-order valence-corrected chi connectivity index (χ0v) is 13.5. The first kappa shape index (κ1) is 15.5. The number of nitrogens with one attached hydrogen (secondary N) is 1. The lowest BCUT2D eigenvalue weighted by Crippen LogP contribution is -2.64. The van der Waals surface area contributed by atoms with Crippen LogP contribution in [0, 0.1) is 0 Å². The van der Waals surface area contributed by atoms with Gasteiger partial charge in [-0.05, 0) is 38.7 Å². The van der Waals surface area contributed by atoms with Crippen molar-refractivity contribution in [2.45, 2.75) is 64.6 Å². The largest absolute Gasteiger partial charge is 0.309 e. The van der Waals surface area contributed by atoms with Gasteiger partial charge in [0.1, 0.15) is 0 Å². The summed E-state index contributed by atoms with van der Waals surface area (Å²) in [5.74, 6) is 0. The molecule has 0 radical (unpaired) electrons. The van der Waals surface area contributed by atoms with E-state index in [4.69, 9.17) is 0 Å². The van der Waals surface area contributed by atoms with Crippen LogP contribution < -0.4 is 5.32 Å². The molecule has 1 aliphatic rings. The first-order valence-corrected chi connectivity index (χ1v) is 8.12. The van der Waals surface area contributed by atoms with E-state index < -0.39 is 0 Å². The van der Waals surface area contributed by atoms with Crippen molar-refractivity contribution in [2.24, 2.45) is 0 Å². The van der Waals surface area contributed by atoms with Crippen LogP contribution in [0.15, 0.2) is 30.3 Å². The van der Waals surface area contributed by atoms with Crippen molar-refractivity contribution in [1.82, 2.24) is 10.2 Å². The molecule has 0 spiro atoms. The molecule has 2 heteroatoms. The minimum atomic E-state index is 0.274. The summed E-state index contributed by atoms with van der Waals surface area (Å²) >= 11 is 0. The van der Waals surface area contributed by atoms with Gasteiger partial charge in [0, 0.05) is 30.7 Å². The van der Waals surface area contributed by atoms with Gasteiger partial charge in [-0.25, -0.2) is 0 Å². The second-order valence-electron chi connectivity index (χ2n) is 6.57. The van der Waals surface area contributed by atoms with Gasteiger partial charge < -0.3 is 5.32 Å². The molecule has 0 saturated carbocycles. The summed E-state index contributed by atoms with van der Waals surface area (Å²) in [6, 6.07) is 12.2. The molecular formula is C18H30N2. The highest BCUT2D eigenvalue weighted by atomic mass is 15.3. The predicted octanol–water partition coefficient (Wildman–Crippen LogP) is 3.47. The van der Waals surface area contributed by atoms with Crippen molar-refractivity contribution >= 4 is 0 Å². The van der Waals surface area contributed by atoms with E-state index >= 15 is 0 Å². The lowest BCUT2D eigenvalue weighted by Gasteiger charge is -2.48. The molecule has 1 aliphatic heterocycles. The Morgan fingerprint density at radius 2 is 2.00 bits per heavy atom. The molecule has 20 heavy (non-hydrogen) atoms. The van der Waals surface area contributed by atoms with Crippen molar-refractivity contribution in [3.8, 4) is 0 Å². The zero-order chi connectivity index (χ0) is 14.6. The van der Waals surface area contributed by atoms with Gasteiger partial charge in [0.2, 0.25) is 0 Å². The van der Waals surface area contributed by atoms with Crippen LogP contribution in [0.25, 0.3) is 0 Å². The first-order chi connectivity index (χ1) is 9.58. The molecule has 3 unspecified atom stereocenters. The molecule has 1 heterocycles. The van der Waals surface area contributed by atoms with Gasteiger partial charge in [0.05, 0.1) is 0 Å². The highest BCUT2D eigenvalue weighted by Gasteiger charge is 2.36. The molecular weight excluding hydrogens is 244 g/mol. The van der Waals surface area contributed by atoms with E-state index in [1.54, 1.807) is 0 Å². The Morgan fingerprint density at radius 3 is 2.60 bits per heavy atom. The highest BCUT2D eigenvalue weighted by Crippen LogP contribution is 2.24. The average molecular weight is 274 g/mol. The number of hydrogen-bond donors (Lipinski definition) is 1. The first-order valence-electron chi connectivity index (χ1n) is 8.12. The number of rotatable bonds is 5. The number of nitrogens with zero attached hydrogens (tertiary/aromatic N) is 1. The standard InChI is InChI=1S/C18H30N2/c1-5-15(3)20-14-18(4,6-2)19-13-17(20)12-16-10-8-7-9-11-16/h7-11,15,17,19H,5-6,12-14H2,1-4H3. The lowest BCUT2D eigenvalue weighted by molar-refractivity contribution is 0.0503. The van der Waals surface area contributed by atoms with Gasteiger partial charge in [-0.15, -0.1) is 0 Å². The molecule has 0 aliphatic carbocycles. The predicted molar refractivity (Wildman–Crippen MR) is 87.1 cm³/mol. The molecule has 0 bridgehead atoms. The van der Waals surface area contributed by atoms with Crippen LogP contribution in [-0.4, -0.2) is 35.6 Å². The van der Waals surface area contributed by atoms with E-state index in [0.29, 0.717) is 12.1 Å². The van der Waals surface area contributed by atoms with Gasteiger partial charge in [0.25, 0.3) is 0 Å². The Balaban J connectivity index is 2.10. The van der Waals surface area contributed by atoms with E-state index in [1.807, 2.05) is 0 Å². The van der Waals surface area contributed by atoms with Crippen molar-refractivity contribution < 1.29 is 0 Å². The van der Waals surface area contributed by atoms with Crippen molar-refractivity contribution in [3.05, 3.63) is 35.9 Å². The molecule has 0 amide bonds. The number of piperazine rings is 1. The summed E-state index contributed by atoms with van der Waals surface area (Å²) in [7, 11) is 0. The van der Waals surface area contributed by atoms with E-state index in [1.165, 1.54) is 18.4 Å². The Labute approximate surface area is 124 Å². The third-order valence-corrected chi connectivity index (χ3v) is 5.02. The Bertz CT molecular complexity index is 403. The summed E-state index contributed by atoms with van der Waals surface area (Å²) in [5.41, 5.74) is 1.73. The maximum absolute atomic E-state index is 3.78. The summed E-state index contributed by atoms with van der Waals surface area (Å²) in [6.45, 7) is 11.6. The SMILES string of the molecule is CCC(C)N1CC(C)(CC)NCC1Cc1ccccc1. The Hall–Kier alpha value is -0.860. The zero-order valence-electron chi connectivity index (χ0n) is 13.5. The second kappa shape index (κ2) is 6.73. The maximum atomic E-state index is 3.78. The Kier molecular flexibility index (Phi) is 5.22. The van der Waals surface area contributed by atoms with Crippen molar-refractivity contribution in [3.63, 3.8) is 0 Å². The summed E-state index contributed by atoms with van der Waals surface area (Å²) < 4.78 is 0. The summed E-state index contributed by atoms with van der Waals surface area (Å²) in [5, 5.41) is 3.78. The molecule has 2 nitrogen and oxygen atoms in total. The molecule has 1 aromatic rings. The van der Waals surface area contributed by atoms with E-state index in [-0.39, 0.29) is 5.54 Å². The summed E-state index contributed by atoms with van der Waals surface area (Å²) in [6.07, 6.45) is 3.57. The number of hydrogen-bond acceptors (Lipinski definition) is 2. The van der Waals surface area contributed by atoms with Crippen molar-refractivity contribution in [2.75, 3.05) is 13.1 Å². The highest BCUT2D eigenvalue weighted by molar-refractivity contribution is 5.16. The minimum absolute atomic E-state index is 0.274. The molecule has 1 fully saturated rings. The smallest absolute Gasteiger partial charge is 0.0278 e. The lowest BCUT2D eigenvalue weighted by atomic mass is 9.90.